The van der Waals surface area contributed by atoms with Gasteiger partial charge in [0.1, 0.15) is 12.7 Å². The zero-order valence-electron chi connectivity index (χ0n) is 17.0. The van der Waals surface area contributed by atoms with Crippen molar-refractivity contribution in [2.75, 3.05) is 0 Å². The molecule has 31 heavy (non-hydrogen) atoms. The van der Waals surface area contributed by atoms with Crippen LogP contribution in [0.5, 0.6) is 0 Å². The number of carbonyl (C=O) groups excluding carboxylic acids is 1. The molecule has 1 aromatic heterocycles. The molecule has 0 aliphatic rings. The largest absolute Gasteiger partial charge is 0.444 e. The molecule has 2 unspecified atom stereocenters. The average molecular weight is 442 g/mol. The second kappa shape index (κ2) is 11.6. The van der Waals surface area contributed by atoms with E-state index in [1.54, 1.807) is 11.7 Å². The van der Waals surface area contributed by atoms with Crippen LogP contribution in [-0.4, -0.2) is 45.6 Å². The predicted molar refractivity (Wildman–Crippen MR) is 120 cm³/mol. The molecule has 3 aromatic rings. The van der Waals surface area contributed by atoms with Crippen LogP contribution in [0.25, 0.3) is 0 Å². The van der Waals surface area contributed by atoms with Crippen molar-refractivity contribution in [1.29, 1.82) is 0 Å². The van der Waals surface area contributed by atoms with Gasteiger partial charge in [0.05, 0.1) is 22.5 Å². The van der Waals surface area contributed by atoms with Gasteiger partial charge in [-0.1, -0.05) is 60.7 Å². The summed E-state index contributed by atoms with van der Waals surface area (Å²) in [6.07, 6.45) is -0.872. The molecule has 0 bridgehead atoms. The fourth-order valence-corrected chi connectivity index (χ4v) is 3.77. The van der Waals surface area contributed by atoms with E-state index < -0.39 is 30.4 Å². The molecule has 1 heterocycles. The van der Waals surface area contributed by atoms with Crippen molar-refractivity contribution in [2.45, 2.75) is 43.7 Å². The van der Waals surface area contributed by atoms with Crippen molar-refractivity contribution in [2.24, 2.45) is 5.73 Å². The number of rotatable bonds is 10. The fraction of sp³-hybridized carbons (Fsp3) is 0.304. The first-order valence-electron chi connectivity index (χ1n) is 10.0. The summed E-state index contributed by atoms with van der Waals surface area (Å²) in [7, 11) is 0. The molecule has 0 saturated heterocycles. The molecular weight excluding hydrogens is 414 g/mol. The third-order valence-electron chi connectivity index (χ3n) is 4.95. The number of amides is 1. The van der Waals surface area contributed by atoms with E-state index in [1.165, 1.54) is 11.3 Å². The number of carbonyl (C=O) groups is 1. The molecule has 0 aliphatic carbocycles. The van der Waals surface area contributed by atoms with E-state index in [1.807, 2.05) is 60.7 Å². The normalized spacial score (nSPS) is 14.9. The fourth-order valence-electron chi connectivity index (χ4n) is 3.27. The molecule has 4 atom stereocenters. The lowest BCUT2D eigenvalue weighted by atomic mass is 9.92. The summed E-state index contributed by atoms with van der Waals surface area (Å²) in [5, 5.41) is 24.3. The molecule has 0 radical (unpaired) electrons. The predicted octanol–water partition coefficient (Wildman–Crippen LogP) is 2.27. The van der Waals surface area contributed by atoms with Gasteiger partial charge in [-0.2, -0.15) is 0 Å². The van der Waals surface area contributed by atoms with E-state index in [2.05, 4.69) is 10.3 Å². The van der Waals surface area contributed by atoms with Gasteiger partial charge < -0.3 is 26.0 Å². The van der Waals surface area contributed by atoms with Crippen LogP contribution in [0.3, 0.4) is 0 Å². The first kappa shape index (κ1) is 22.9. The van der Waals surface area contributed by atoms with Crippen LogP contribution in [-0.2, 0) is 24.2 Å². The summed E-state index contributed by atoms with van der Waals surface area (Å²) >= 11 is 1.38. The van der Waals surface area contributed by atoms with Crippen molar-refractivity contribution in [3.05, 3.63) is 88.4 Å². The number of hydrogen-bond acceptors (Lipinski definition) is 7. The van der Waals surface area contributed by atoms with Crippen LogP contribution in [0.15, 0.2) is 72.4 Å². The SMILES string of the molecule is N[C@@H](Cc1ccccc1)C(O)C(O)[C@H](Cc1ccccc1)NC(=O)OCc1cncs1. The monoisotopic (exact) mass is 441 g/mol. The van der Waals surface area contributed by atoms with Crippen LogP contribution < -0.4 is 11.1 Å². The van der Waals surface area contributed by atoms with Gasteiger partial charge in [-0.05, 0) is 24.0 Å². The maximum Gasteiger partial charge on any atom is 0.407 e. The Kier molecular flexibility index (Phi) is 8.54. The Morgan fingerprint density at radius 2 is 1.61 bits per heavy atom. The Morgan fingerprint density at radius 3 is 2.19 bits per heavy atom. The molecule has 3 rings (SSSR count). The molecule has 7 nitrogen and oxygen atoms in total. The standard InChI is InChI=1S/C23H27N3O4S/c24-19(11-16-7-3-1-4-8-16)21(27)22(28)20(12-17-9-5-2-6-10-17)26-23(29)30-14-18-13-25-15-31-18/h1-10,13,15,19-22,27-28H,11-12,14,24H2,(H,26,29)/t19-,20-,21?,22?/m0/s1. The van der Waals surface area contributed by atoms with Crippen molar-refractivity contribution < 1.29 is 19.7 Å². The summed E-state index contributed by atoms with van der Waals surface area (Å²) in [6, 6.07) is 17.4. The van der Waals surface area contributed by atoms with Crippen molar-refractivity contribution in [1.82, 2.24) is 10.3 Å². The van der Waals surface area contributed by atoms with Gasteiger partial charge in [0.2, 0.25) is 0 Å². The zero-order valence-corrected chi connectivity index (χ0v) is 17.8. The van der Waals surface area contributed by atoms with Crippen LogP contribution >= 0.6 is 11.3 Å². The third kappa shape index (κ3) is 7.15. The first-order valence-corrected chi connectivity index (χ1v) is 10.9. The number of nitrogens with one attached hydrogen (secondary N) is 1. The molecule has 8 heteroatoms. The van der Waals surface area contributed by atoms with Gasteiger partial charge >= 0.3 is 6.09 Å². The van der Waals surface area contributed by atoms with E-state index in [0.717, 1.165) is 16.0 Å². The molecule has 5 N–H and O–H groups in total. The lowest BCUT2D eigenvalue weighted by molar-refractivity contribution is -0.0172. The zero-order chi connectivity index (χ0) is 22.1. The maximum absolute atomic E-state index is 12.4. The highest BCUT2D eigenvalue weighted by Gasteiger charge is 2.32. The lowest BCUT2D eigenvalue weighted by Crippen LogP contribution is -2.55. The number of hydrogen-bond donors (Lipinski definition) is 4. The first-order chi connectivity index (χ1) is 15.0. The van der Waals surface area contributed by atoms with Crippen molar-refractivity contribution >= 4 is 17.4 Å². The molecule has 0 spiro atoms. The Balaban J connectivity index is 1.65. The Hall–Kier alpha value is -2.78. The van der Waals surface area contributed by atoms with Gasteiger partial charge in [-0.25, -0.2) is 4.79 Å². The second-order valence-electron chi connectivity index (χ2n) is 7.32. The summed E-state index contributed by atoms with van der Waals surface area (Å²) in [5.41, 5.74) is 9.69. The topological polar surface area (TPSA) is 118 Å². The van der Waals surface area contributed by atoms with Gasteiger partial charge in [-0.3, -0.25) is 4.98 Å². The molecule has 2 aromatic carbocycles. The molecule has 0 fully saturated rings. The minimum absolute atomic E-state index is 0.0841. The summed E-state index contributed by atoms with van der Waals surface area (Å²) in [4.78, 5) is 17.1. The van der Waals surface area contributed by atoms with E-state index in [0.29, 0.717) is 12.8 Å². The van der Waals surface area contributed by atoms with Gasteiger partial charge in [0.15, 0.2) is 0 Å². The lowest BCUT2D eigenvalue weighted by Gasteiger charge is -2.30. The van der Waals surface area contributed by atoms with Crippen LogP contribution in [0, 0.1) is 0 Å². The molecule has 164 valence electrons. The molecule has 0 saturated carbocycles. The number of nitrogens with two attached hydrogens (primary N) is 1. The molecule has 0 aliphatic heterocycles. The maximum atomic E-state index is 12.4. The van der Waals surface area contributed by atoms with Gasteiger partial charge in [-0.15, -0.1) is 11.3 Å². The Labute approximate surface area is 185 Å². The van der Waals surface area contributed by atoms with Crippen molar-refractivity contribution in [3.63, 3.8) is 0 Å². The number of thiazole rings is 1. The smallest absolute Gasteiger partial charge is 0.407 e. The van der Waals surface area contributed by atoms with Crippen molar-refractivity contribution in [3.8, 4) is 0 Å². The van der Waals surface area contributed by atoms with Crippen LogP contribution in [0.1, 0.15) is 16.0 Å². The third-order valence-corrected chi connectivity index (χ3v) is 5.70. The summed E-state index contributed by atoms with van der Waals surface area (Å²) in [5.74, 6) is 0. The highest BCUT2D eigenvalue weighted by molar-refractivity contribution is 7.09. The van der Waals surface area contributed by atoms with Gasteiger partial charge in [0, 0.05) is 12.2 Å². The number of aliphatic hydroxyl groups excluding tert-OH is 2. The number of aliphatic hydroxyl groups is 2. The highest BCUT2D eigenvalue weighted by Crippen LogP contribution is 2.14. The molecular formula is C23H27N3O4S. The summed E-state index contributed by atoms with van der Waals surface area (Å²) < 4.78 is 5.24. The van der Waals surface area contributed by atoms with Crippen LogP contribution in [0.2, 0.25) is 0 Å². The minimum atomic E-state index is -1.28. The Morgan fingerprint density at radius 1 is 1.00 bits per heavy atom. The minimum Gasteiger partial charge on any atom is -0.444 e. The van der Waals surface area contributed by atoms with E-state index in [4.69, 9.17) is 10.5 Å². The number of ether oxygens (including phenoxy) is 1. The number of alkyl carbamates (subject to hydrolysis) is 1. The average Bonchev–Trinajstić information content (AvgIpc) is 3.31. The number of benzene rings is 2. The highest BCUT2D eigenvalue weighted by atomic mass is 32.1. The quantitative estimate of drug-likeness (QED) is 0.383. The number of aromatic nitrogens is 1. The Bertz CT molecular complexity index is 909. The van der Waals surface area contributed by atoms with E-state index >= 15 is 0 Å². The second-order valence-corrected chi connectivity index (χ2v) is 8.29. The molecule has 1 amide bonds. The van der Waals surface area contributed by atoms with E-state index in [-0.39, 0.29) is 6.61 Å². The number of nitrogens with zero attached hydrogens (tertiary/aromatic N) is 1. The van der Waals surface area contributed by atoms with Gasteiger partial charge in [0.25, 0.3) is 0 Å². The van der Waals surface area contributed by atoms with Crippen LogP contribution in [0.4, 0.5) is 4.79 Å². The van der Waals surface area contributed by atoms with E-state index in [9.17, 15) is 15.0 Å². The summed E-state index contributed by atoms with van der Waals surface area (Å²) in [6.45, 7) is 0.0841.